The summed E-state index contributed by atoms with van der Waals surface area (Å²) in [5.41, 5.74) is -1.16. The van der Waals surface area contributed by atoms with Gasteiger partial charge in [0, 0.05) is 13.1 Å². The molecule has 2 N–H and O–H groups in total. The number of aliphatic hydroxyl groups is 1. The molecule has 6 nitrogen and oxygen atoms in total. The van der Waals surface area contributed by atoms with Gasteiger partial charge in [-0.05, 0) is 26.0 Å². The molecule has 0 spiro atoms. The molecule has 0 aliphatic heterocycles. The van der Waals surface area contributed by atoms with Gasteiger partial charge >= 0.3 is 5.97 Å². The van der Waals surface area contributed by atoms with Crippen LogP contribution in [0.4, 0.5) is 0 Å². The third-order valence-corrected chi connectivity index (χ3v) is 5.76. The molecular formula is C11H17NO5S2. The van der Waals surface area contributed by atoms with Crippen molar-refractivity contribution < 1.29 is 23.4 Å². The number of nitrogens with zero attached hydrogens (tertiary/aromatic N) is 1. The number of thiophene rings is 1. The molecule has 0 bridgehead atoms. The molecule has 1 heterocycles. The van der Waals surface area contributed by atoms with E-state index in [9.17, 15) is 18.3 Å². The molecule has 0 aliphatic rings. The zero-order valence-corrected chi connectivity index (χ0v) is 12.6. The van der Waals surface area contributed by atoms with E-state index in [1.807, 2.05) is 0 Å². The highest BCUT2D eigenvalue weighted by Crippen LogP contribution is 2.25. The van der Waals surface area contributed by atoms with Crippen LogP contribution in [0.3, 0.4) is 0 Å². The number of carboxylic acid groups (broad SMARTS) is 1. The summed E-state index contributed by atoms with van der Waals surface area (Å²) in [5.74, 6) is -1.16. The Labute approximate surface area is 116 Å². The first kappa shape index (κ1) is 16.1. The van der Waals surface area contributed by atoms with Gasteiger partial charge < -0.3 is 10.2 Å². The molecule has 19 heavy (non-hydrogen) atoms. The fourth-order valence-corrected chi connectivity index (χ4v) is 4.40. The molecule has 0 radical (unpaired) electrons. The van der Waals surface area contributed by atoms with E-state index in [0.29, 0.717) is 11.3 Å². The largest absolute Gasteiger partial charge is 0.477 e. The molecule has 0 fully saturated rings. The van der Waals surface area contributed by atoms with Crippen LogP contribution < -0.4 is 0 Å². The molecule has 0 saturated carbocycles. The number of rotatable bonds is 6. The zero-order valence-electron chi connectivity index (χ0n) is 11.0. The van der Waals surface area contributed by atoms with Crippen LogP contribution in [0.25, 0.3) is 0 Å². The highest BCUT2D eigenvalue weighted by molar-refractivity contribution is 7.91. The van der Waals surface area contributed by atoms with Crippen LogP contribution >= 0.6 is 11.3 Å². The second-order valence-corrected chi connectivity index (χ2v) is 7.92. The van der Waals surface area contributed by atoms with Crippen molar-refractivity contribution in [2.45, 2.75) is 30.6 Å². The molecule has 0 unspecified atom stereocenters. The Hall–Kier alpha value is -0.960. The molecule has 0 aliphatic carbocycles. The second-order valence-electron chi connectivity index (χ2n) is 4.67. The van der Waals surface area contributed by atoms with Gasteiger partial charge in [-0.1, -0.05) is 6.92 Å². The third kappa shape index (κ3) is 4.00. The molecule has 0 amide bonds. The first-order valence-corrected chi connectivity index (χ1v) is 7.89. The topological polar surface area (TPSA) is 94.9 Å². The van der Waals surface area contributed by atoms with Crippen LogP contribution in [0.5, 0.6) is 0 Å². The minimum absolute atomic E-state index is 0.0297. The van der Waals surface area contributed by atoms with E-state index < -0.39 is 21.6 Å². The van der Waals surface area contributed by atoms with Crippen molar-refractivity contribution in [2.75, 3.05) is 13.1 Å². The monoisotopic (exact) mass is 307 g/mol. The Kier molecular flexibility index (Phi) is 4.72. The lowest BCUT2D eigenvalue weighted by molar-refractivity contribution is 0.0601. The van der Waals surface area contributed by atoms with Crippen molar-refractivity contribution >= 4 is 27.3 Å². The van der Waals surface area contributed by atoms with E-state index in [4.69, 9.17) is 5.11 Å². The number of likely N-dealkylation sites (N-methyl/N-ethyl adjacent to an activating group) is 1. The maximum absolute atomic E-state index is 12.3. The summed E-state index contributed by atoms with van der Waals surface area (Å²) >= 11 is 0.707. The number of carbonyl (C=O) groups is 1. The Bertz CT molecular complexity index is 556. The normalized spacial score (nSPS) is 12.9. The molecule has 1 aromatic heterocycles. The van der Waals surface area contributed by atoms with Crippen molar-refractivity contribution in [3.63, 3.8) is 0 Å². The number of hydrogen-bond donors (Lipinski definition) is 2. The highest BCUT2D eigenvalue weighted by Gasteiger charge is 2.30. The summed E-state index contributed by atoms with van der Waals surface area (Å²) in [7, 11) is -3.77. The summed E-state index contributed by atoms with van der Waals surface area (Å²) in [6, 6.07) is 2.54. The third-order valence-electron chi connectivity index (χ3n) is 2.30. The fraction of sp³-hybridized carbons (Fsp3) is 0.545. The van der Waals surface area contributed by atoms with Gasteiger partial charge in [0.15, 0.2) is 0 Å². The lowest BCUT2D eigenvalue weighted by Gasteiger charge is -2.26. The van der Waals surface area contributed by atoms with Crippen LogP contribution in [0, 0.1) is 0 Å². The summed E-state index contributed by atoms with van der Waals surface area (Å²) in [5, 5.41) is 18.5. The standard InChI is InChI=1S/C11H17NO5S2/c1-4-12(7-11(2,3)15)19(16,17)9-6-5-8(18-9)10(13)14/h5-6,15H,4,7H2,1-3H3,(H,13,14). The van der Waals surface area contributed by atoms with Crippen molar-refractivity contribution in [3.8, 4) is 0 Å². The van der Waals surface area contributed by atoms with E-state index in [1.54, 1.807) is 6.92 Å². The number of aromatic carboxylic acids is 1. The lowest BCUT2D eigenvalue weighted by atomic mass is 10.1. The van der Waals surface area contributed by atoms with E-state index in [2.05, 4.69) is 0 Å². The van der Waals surface area contributed by atoms with Gasteiger partial charge in [-0.25, -0.2) is 13.2 Å². The van der Waals surface area contributed by atoms with E-state index in [1.165, 1.54) is 26.0 Å². The maximum Gasteiger partial charge on any atom is 0.345 e. The van der Waals surface area contributed by atoms with Gasteiger partial charge in [0.25, 0.3) is 10.0 Å². The van der Waals surface area contributed by atoms with Crippen LogP contribution in [-0.4, -0.2) is 47.6 Å². The Morgan fingerprint density at radius 2 is 2.00 bits per heavy atom. The molecule has 0 aromatic carbocycles. The highest BCUT2D eigenvalue weighted by atomic mass is 32.2. The Morgan fingerprint density at radius 1 is 1.42 bits per heavy atom. The molecule has 0 atom stereocenters. The zero-order chi connectivity index (χ0) is 14.8. The van der Waals surface area contributed by atoms with Gasteiger partial charge in [0.05, 0.1) is 5.60 Å². The van der Waals surface area contributed by atoms with Crippen molar-refractivity contribution in [1.29, 1.82) is 0 Å². The van der Waals surface area contributed by atoms with Gasteiger partial charge in [0.2, 0.25) is 0 Å². The predicted molar refractivity (Wildman–Crippen MR) is 72.0 cm³/mol. The molecule has 1 aromatic rings. The first-order valence-electron chi connectivity index (χ1n) is 5.63. The minimum Gasteiger partial charge on any atom is -0.477 e. The average molecular weight is 307 g/mol. The summed E-state index contributed by atoms with van der Waals surface area (Å²) in [6.07, 6.45) is 0. The lowest BCUT2D eigenvalue weighted by Crippen LogP contribution is -2.41. The van der Waals surface area contributed by atoms with E-state index in [0.717, 1.165) is 4.31 Å². The average Bonchev–Trinajstić information content (AvgIpc) is 2.74. The smallest absolute Gasteiger partial charge is 0.345 e. The summed E-state index contributed by atoms with van der Waals surface area (Å²) in [6.45, 7) is 4.85. The van der Waals surface area contributed by atoms with E-state index in [-0.39, 0.29) is 22.2 Å². The minimum atomic E-state index is -3.77. The van der Waals surface area contributed by atoms with Crippen molar-refractivity contribution in [1.82, 2.24) is 4.31 Å². The van der Waals surface area contributed by atoms with E-state index >= 15 is 0 Å². The predicted octanol–water partition coefficient (Wildman–Crippen LogP) is 1.23. The summed E-state index contributed by atoms with van der Waals surface area (Å²) in [4.78, 5) is 10.7. The first-order chi connectivity index (χ1) is 8.58. The quantitative estimate of drug-likeness (QED) is 0.824. The number of hydrogen-bond acceptors (Lipinski definition) is 5. The molecule has 0 saturated heterocycles. The molecular weight excluding hydrogens is 290 g/mol. The number of sulfonamides is 1. The summed E-state index contributed by atoms with van der Waals surface area (Å²) < 4.78 is 25.7. The Morgan fingerprint density at radius 3 is 2.37 bits per heavy atom. The SMILES string of the molecule is CCN(CC(C)(C)O)S(=O)(=O)c1ccc(C(=O)O)s1. The van der Waals surface area contributed by atoms with Gasteiger partial charge in [0.1, 0.15) is 9.09 Å². The molecule has 1 rings (SSSR count). The van der Waals surface area contributed by atoms with Gasteiger partial charge in [-0.2, -0.15) is 4.31 Å². The van der Waals surface area contributed by atoms with Crippen LogP contribution in [0.2, 0.25) is 0 Å². The van der Waals surface area contributed by atoms with Crippen molar-refractivity contribution in [2.24, 2.45) is 0 Å². The van der Waals surface area contributed by atoms with Gasteiger partial charge in [-0.15, -0.1) is 11.3 Å². The van der Waals surface area contributed by atoms with Crippen LogP contribution in [0.15, 0.2) is 16.3 Å². The number of carboxylic acids is 1. The fourth-order valence-electron chi connectivity index (χ4n) is 1.50. The van der Waals surface area contributed by atoms with Gasteiger partial charge in [-0.3, -0.25) is 0 Å². The van der Waals surface area contributed by atoms with Crippen LogP contribution in [0.1, 0.15) is 30.4 Å². The molecule has 8 heteroatoms. The Balaban J connectivity index is 3.10. The maximum atomic E-state index is 12.3. The second kappa shape index (κ2) is 5.58. The van der Waals surface area contributed by atoms with Crippen LogP contribution in [-0.2, 0) is 10.0 Å². The molecule has 108 valence electrons. The van der Waals surface area contributed by atoms with Crippen molar-refractivity contribution in [3.05, 3.63) is 17.0 Å².